The second kappa shape index (κ2) is 11.0. The molecule has 0 bridgehead atoms. The number of hydrogen-bond acceptors (Lipinski definition) is 7. The first-order valence-corrected chi connectivity index (χ1v) is 11.5. The van der Waals surface area contributed by atoms with Crippen LogP contribution in [0.4, 0.5) is 4.79 Å². The molecule has 1 atom stereocenters. The van der Waals surface area contributed by atoms with Crippen LogP contribution < -0.4 is 9.47 Å². The summed E-state index contributed by atoms with van der Waals surface area (Å²) in [5.74, 6) is -0.260. The number of ether oxygens (including phenoxy) is 3. The Hall–Kier alpha value is -2.68. The van der Waals surface area contributed by atoms with E-state index in [9.17, 15) is 14.4 Å². The van der Waals surface area contributed by atoms with Gasteiger partial charge in [-0.2, -0.15) is 0 Å². The minimum Gasteiger partial charge on any atom is -0.490 e. The molecule has 0 N–H and O–H groups in total. The molecule has 0 aromatic heterocycles. The van der Waals surface area contributed by atoms with Gasteiger partial charge in [-0.3, -0.25) is 14.5 Å². The Morgan fingerprint density at radius 2 is 1.88 bits per heavy atom. The number of carbonyl (C=O) groups is 3. The number of methoxy groups -OCH3 is 1. The van der Waals surface area contributed by atoms with Crippen molar-refractivity contribution in [2.75, 3.05) is 13.7 Å². The summed E-state index contributed by atoms with van der Waals surface area (Å²) in [5.41, 5.74) is 1.40. The fourth-order valence-electron chi connectivity index (χ4n) is 3.04. The number of esters is 1. The summed E-state index contributed by atoms with van der Waals surface area (Å²) in [5, 5.41) is 0.497. The highest BCUT2D eigenvalue weighted by Gasteiger charge is 2.41. The molecule has 1 aliphatic heterocycles. The highest BCUT2D eigenvalue weighted by atomic mass is 35.5. The monoisotopic (exact) mass is 509 g/mol. The van der Waals surface area contributed by atoms with Crippen LogP contribution in [0.5, 0.6) is 11.5 Å². The Kier molecular flexibility index (Phi) is 8.29. The summed E-state index contributed by atoms with van der Waals surface area (Å²) in [6, 6.07) is 9.30. The topological polar surface area (TPSA) is 82.1 Å². The largest absolute Gasteiger partial charge is 0.490 e. The van der Waals surface area contributed by atoms with E-state index in [-0.39, 0.29) is 11.5 Å². The van der Waals surface area contributed by atoms with Crippen LogP contribution >= 0.6 is 35.0 Å². The van der Waals surface area contributed by atoms with E-state index >= 15 is 0 Å². The lowest BCUT2D eigenvalue weighted by Crippen LogP contribution is -2.42. The SMILES string of the molecule is CCOc1cc(/C=C2/SC(=O)N([C@H](C)C(=O)OC)C2=O)ccc1OCc1ccc(Cl)cc1Cl. The first-order chi connectivity index (χ1) is 15.7. The predicted octanol–water partition coefficient (Wildman–Crippen LogP) is 5.57. The van der Waals surface area contributed by atoms with Gasteiger partial charge in [0.25, 0.3) is 11.1 Å². The van der Waals surface area contributed by atoms with Crippen molar-refractivity contribution in [1.29, 1.82) is 0 Å². The van der Waals surface area contributed by atoms with E-state index in [1.165, 1.54) is 14.0 Å². The zero-order chi connectivity index (χ0) is 24.1. The Morgan fingerprint density at radius 1 is 1.12 bits per heavy atom. The molecule has 0 radical (unpaired) electrons. The average molecular weight is 510 g/mol. The minimum atomic E-state index is -1.01. The zero-order valence-corrected chi connectivity index (χ0v) is 20.4. The number of halogens is 2. The maximum absolute atomic E-state index is 12.7. The van der Waals surface area contributed by atoms with Gasteiger partial charge in [0.1, 0.15) is 12.6 Å². The number of benzene rings is 2. The molecule has 0 saturated carbocycles. The standard InChI is InChI=1S/C23H21Cl2NO6S/c1-4-31-19-9-14(5-8-18(19)32-12-15-6-7-16(24)11-17(15)25)10-20-21(27)26(23(29)33-20)13(2)22(28)30-3/h5-11,13H,4,12H2,1-3H3/b20-10+/t13-/m1/s1. The molecule has 1 saturated heterocycles. The third-order valence-electron chi connectivity index (χ3n) is 4.72. The minimum absolute atomic E-state index is 0.194. The third-order valence-corrected chi connectivity index (χ3v) is 6.19. The molecule has 174 valence electrons. The quantitative estimate of drug-likeness (QED) is 0.339. The lowest BCUT2D eigenvalue weighted by atomic mass is 10.1. The first kappa shape index (κ1) is 25.0. The van der Waals surface area contributed by atoms with Crippen LogP contribution in [-0.2, 0) is 20.9 Å². The van der Waals surface area contributed by atoms with Crippen LogP contribution in [0.2, 0.25) is 10.0 Å². The molecule has 10 heteroatoms. The molecule has 2 amide bonds. The van der Waals surface area contributed by atoms with E-state index in [1.54, 1.807) is 42.5 Å². The smallest absolute Gasteiger partial charge is 0.328 e. The van der Waals surface area contributed by atoms with E-state index in [0.717, 1.165) is 22.2 Å². The molecule has 1 aliphatic rings. The van der Waals surface area contributed by atoms with Gasteiger partial charge in [0.15, 0.2) is 11.5 Å². The number of carbonyl (C=O) groups excluding carboxylic acids is 3. The number of rotatable bonds is 8. The van der Waals surface area contributed by atoms with Gasteiger partial charge in [0.05, 0.1) is 18.6 Å². The van der Waals surface area contributed by atoms with E-state index < -0.39 is 23.2 Å². The van der Waals surface area contributed by atoms with Gasteiger partial charge in [0.2, 0.25) is 0 Å². The average Bonchev–Trinajstić information content (AvgIpc) is 3.06. The fourth-order valence-corrected chi connectivity index (χ4v) is 4.41. The number of nitrogens with zero attached hydrogens (tertiary/aromatic N) is 1. The molecule has 3 rings (SSSR count). The zero-order valence-electron chi connectivity index (χ0n) is 18.1. The number of thioether (sulfide) groups is 1. The Balaban J connectivity index is 1.81. The molecular formula is C23H21Cl2NO6S. The van der Waals surface area contributed by atoms with Crippen molar-refractivity contribution in [3.8, 4) is 11.5 Å². The van der Waals surface area contributed by atoms with Gasteiger partial charge < -0.3 is 14.2 Å². The van der Waals surface area contributed by atoms with Gasteiger partial charge >= 0.3 is 5.97 Å². The Bertz CT molecular complexity index is 1120. The lowest BCUT2D eigenvalue weighted by Gasteiger charge is -2.18. The van der Waals surface area contributed by atoms with Gasteiger partial charge in [-0.25, -0.2) is 4.79 Å². The lowest BCUT2D eigenvalue weighted by molar-refractivity contribution is -0.148. The summed E-state index contributed by atoms with van der Waals surface area (Å²) in [7, 11) is 1.20. The molecule has 2 aromatic rings. The Morgan fingerprint density at radius 3 is 2.55 bits per heavy atom. The molecule has 1 fully saturated rings. The van der Waals surface area contributed by atoms with Crippen LogP contribution in [0.15, 0.2) is 41.3 Å². The summed E-state index contributed by atoms with van der Waals surface area (Å²) in [6.45, 7) is 3.89. The molecular weight excluding hydrogens is 489 g/mol. The highest BCUT2D eigenvalue weighted by molar-refractivity contribution is 8.18. The molecule has 0 unspecified atom stereocenters. The van der Waals surface area contributed by atoms with Crippen LogP contribution in [0, 0.1) is 0 Å². The molecule has 0 spiro atoms. The van der Waals surface area contributed by atoms with Crippen LogP contribution in [0.3, 0.4) is 0 Å². The van der Waals surface area contributed by atoms with Gasteiger partial charge in [-0.15, -0.1) is 0 Å². The normalized spacial score (nSPS) is 15.7. The van der Waals surface area contributed by atoms with Crippen molar-refractivity contribution in [2.45, 2.75) is 26.5 Å². The van der Waals surface area contributed by atoms with Crippen LogP contribution in [-0.4, -0.2) is 41.8 Å². The van der Waals surface area contributed by atoms with Gasteiger partial charge in [-0.1, -0.05) is 35.3 Å². The van der Waals surface area contributed by atoms with Crippen molar-refractivity contribution in [2.24, 2.45) is 0 Å². The Labute approximate surface area is 205 Å². The molecule has 2 aromatic carbocycles. The maximum atomic E-state index is 12.7. The van der Waals surface area contributed by atoms with E-state index in [0.29, 0.717) is 33.7 Å². The fraction of sp³-hybridized carbons (Fsp3) is 0.261. The van der Waals surface area contributed by atoms with Crippen molar-refractivity contribution in [1.82, 2.24) is 4.90 Å². The number of amides is 2. The molecule has 1 heterocycles. The second-order valence-corrected chi connectivity index (χ2v) is 8.75. The number of hydrogen-bond donors (Lipinski definition) is 0. The first-order valence-electron chi connectivity index (χ1n) is 9.93. The van der Waals surface area contributed by atoms with Gasteiger partial charge in [-0.05, 0) is 61.5 Å². The van der Waals surface area contributed by atoms with E-state index in [1.807, 2.05) is 6.92 Å². The molecule has 7 nitrogen and oxygen atoms in total. The van der Waals surface area contributed by atoms with Crippen LogP contribution in [0.25, 0.3) is 6.08 Å². The summed E-state index contributed by atoms with van der Waals surface area (Å²) < 4.78 is 16.2. The van der Waals surface area contributed by atoms with Crippen molar-refractivity contribution >= 4 is 58.2 Å². The molecule has 0 aliphatic carbocycles. The predicted molar refractivity (Wildman–Crippen MR) is 128 cm³/mol. The highest BCUT2D eigenvalue weighted by Crippen LogP contribution is 2.36. The van der Waals surface area contributed by atoms with E-state index in [2.05, 4.69) is 4.74 Å². The third kappa shape index (κ3) is 5.82. The summed E-state index contributed by atoms with van der Waals surface area (Å²) in [6.07, 6.45) is 1.57. The number of imide groups is 1. The maximum Gasteiger partial charge on any atom is 0.328 e. The van der Waals surface area contributed by atoms with Crippen molar-refractivity contribution in [3.05, 3.63) is 62.5 Å². The van der Waals surface area contributed by atoms with Crippen molar-refractivity contribution in [3.63, 3.8) is 0 Å². The van der Waals surface area contributed by atoms with Crippen molar-refractivity contribution < 1.29 is 28.6 Å². The molecule has 33 heavy (non-hydrogen) atoms. The van der Waals surface area contributed by atoms with Crippen LogP contribution in [0.1, 0.15) is 25.0 Å². The van der Waals surface area contributed by atoms with Gasteiger partial charge in [0, 0.05) is 15.6 Å². The second-order valence-electron chi connectivity index (χ2n) is 6.91. The summed E-state index contributed by atoms with van der Waals surface area (Å²) in [4.78, 5) is 37.9. The summed E-state index contributed by atoms with van der Waals surface area (Å²) >= 11 is 12.9. The van der Waals surface area contributed by atoms with E-state index in [4.69, 9.17) is 32.7 Å².